The van der Waals surface area contributed by atoms with Crippen molar-refractivity contribution in [2.45, 2.75) is 145 Å². The first kappa shape index (κ1) is 42.3. The molecule has 316 valence electrons. The van der Waals surface area contributed by atoms with Gasteiger partial charge in [0, 0.05) is 54.8 Å². The Morgan fingerprint density at radius 2 is 1.57 bits per heavy atom. The highest BCUT2D eigenvalue weighted by atomic mass is 16.7. The Morgan fingerprint density at radius 1 is 0.897 bits per heavy atom. The lowest BCUT2D eigenvalue weighted by atomic mass is 9.67. The molecule has 2 aromatic carbocycles. The molecule has 0 aromatic heterocycles. The van der Waals surface area contributed by atoms with Gasteiger partial charge < -0.3 is 58.5 Å². The zero-order valence-electron chi connectivity index (χ0n) is 33.7. The third-order valence-corrected chi connectivity index (χ3v) is 12.4. The fourth-order valence-electron chi connectivity index (χ4n) is 9.27. The van der Waals surface area contributed by atoms with Gasteiger partial charge in [-0.1, -0.05) is 19.1 Å². The molecule has 13 atom stereocenters. The summed E-state index contributed by atoms with van der Waals surface area (Å²) in [6.45, 7) is 6.95. The van der Waals surface area contributed by atoms with Crippen molar-refractivity contribution >= 4 is 23.3 Å². The second kappa shape index (κ2) is 16.3. The fourth-order valence-corrected chi connectivity index (χ4v) is 9.27. The van der Waals surface area contributed by atoms with Crippen LogP contribution in [0.5, 0.6) is 11.5 Å². The Bertz CT molecular complexity index is 1940. The van der Waals surface area contributed by atoms with Gasteiger partial charge in [0.25, 0.3) is 0 Å². The molecule has 0 bridgehead atoms. The zero-order valence-corrected chi connectivity index (χ0v) is 33.7. The van der Waals surface area contributed by atoms with E-state index in [0.29, 0.717) is 12.8 Å². The highest BCUT2D eigenvalue weighted by Gasteiger charge is 2.53. The van der Waals surface area contributed by atoms with Crippen LogP contribution < -0.4 is 0 Å². The molecule has 3 fully saturated rings. The van der Waals surface area contributed by atoms with Crippen LogP contribution >= 0.6 is 0 Å². The van der Waals surface area contributed by atoms with Gasteiger partial charge in [-0.05, 0) is 59.0 Å². The normalized spacial score (nSPS) is 36.3. The number of Topliss-reactive ketones (excluding diaryl/α,β-unsaturated/α-hetero) is 1. The van der Waals surface area contributed by atoms with Crippen molar-refractivity contribution in [3.8, 4) is 11.5 Å². The van der Waals surface area contributed by atoms with Gasteiger partial charge in [-0.3, -0.25) is 19.2 Å². The number of esters is 1. The summed E-state index contributed by atoms with van der Waals surface area (Å²) in [7, 11) is 4.91. The number of aliphatic hydroxyl groups is 2. The summed E-state index contributed by atoms with van der Waals surface area (Å²) in [5, 5.41) is 45.9. The van der Waals surface area contributed by atoms with Crippen LogP contribution in [-0.2, 0) is 42.7 Å². The number of hydrogen-bond acceptors (Lipinski definition) is 16. The van der Waals surface area contributed by atoms with E-state index in [1.54, 1.807) is 27.7 Å². The molecule has 0 saturated carbocycles. The van der Waals surface area contributed by atoms with E-state index in [1.807, 2.05) is 19.0 Å². The number of likely N-dealkylation sites (N-methyl/N-ethyl adjacent to an activating group) is 1. The highest BCUT2D eigenvalue weighted by Crippen LogP contribution is 2.54. The molecule has 2 aromatic rings. The van der Waals surface area contributed by atoms with Gasteiger partial charge in [0.2, 0.25) is 5.78 Å². The first-order valence-electron chi connectivity index (χ1n) is 19.9. The Balaban J connectivity index is 1.13. The number of benzene rings is 2. The number of ketones is 3. The standard InChI is InChI=1S/C42H53NO15/c1-8-42(51)17-28(33-22(35(42)41(50)52-7)14-23-34(38(33)49)37(48)32-21(36(23)47)10-9-11-26(32)45)56-30-15-24(43(5)6)39(19(3)54-30)58-31-16-27(46)40(20(4)55-31)57-29-13-12-25(44)18(2)53-29/h9-11,14,18-20,24,27-31,35,39-40,45-46,49,51H,8,12-13,15-17H2,1-7H3/t18-,19-,20-,24-,27-,28-,29-,30-,31+,35-,39+,40+,42+/m0/s1. The molecule has 0 radical (unpaired) electrons. The van der Waals surface area contributed by atoms with E-state index in [9.17, 15) is 39.6 Å². The van der Waals surface area contributed by atoms with Gasteiger partial charge >= 0.3 is 5.97 Å². The topological polar surface area (TPSA) is 217 Å². The van der Waals surface area contributed by atoms with Crippen LogP contribution in [0.4, 0.5) is 0 Å². The molecule has 5 aliphatic rings. The number of phenolic OH excluding ortho intramolecular Hbond substituents is 2. The third-order valence-electron chi connectivity index (χ3n) is 12.4. The van der Waals surface area contributed by atoms with Crippen LogP contribution in [0.25, 0.3) is 0 Å². The predicted octanol–water partition coefficient (Wildman–Crippen LogP) is 3.16. The first-order chi connectivity index (χ1) is 27.5. The maximum atomic E-state index is 13.9. The van der Waals surface area contributed by atoms with Crippen molar-refractivity contribution in [2.24, 2.45) is 0 Å². The minimum atomic E-state index is -1.76. The van der Waals surface area contributed by atoms with Crippen molar-refractivity contribution in [1.82, 2.24) is 4.90 Å². The molecule has 7 rings (SSSR count). The summed E-state index contributed by atoms with van der Waals surface area (Å²) < 4.78 is 42.6. The predicted molar refractivity (Wildman–Crippen MR) is 201 cm³/mol. The minimum Gasteiger partial charge on any atom is -0.507 e. The Morgan fingerprint density at radius 3 is 2.21 bits per heavy atom. The minimum absolute atomic E-state index is 0.00573. The lowest BCUT2D eigenvalue weighted by Gasteiger charge is -2.48. The van der Waals surface area contributed by atoms with Gasteiger partial charge in [-0.25, -0.2) is 0 Å². The second-order valence-corrected chi connectivity index (χ2v) is 16.3. The maximum absolute atomic E-state index is 13.9. The van der Waals surface area contributed by atoms with E-state index in [0.717, 1.165) is 0 Å². The van der Waals surface area contributed by atoms with Gasteiger partial charge in [-0.15, -0.1) is 0 Å². The van der Waals surface area contributed by atoms with E-state index in [4.69, 9.17) is 33.2 Å². The van der Waals surface area contributed by atoms with Crippen molar-refractivity contribution < 1.29 is 72.8 Å². The number of nitrogens with zero attached hydrogens (tertiary/aromatic N) is 1. The number of phenols is 2. The Labute approximate surface area is 336 Å². The quantitative estimate of drug-likeness (QED) is 0.228. The third kappa shape index (κ3) is 7.47. The number of aromatic hydroxyl groups is 2. The molecule has 0 unspecified atom stereocenters. The number of fused-ring (bicyclic) bond motifs is 3. The van der Waals surface area contributed by atoms with Crippen LogP contribution in [0.1, 0.15) is 121 Å². The number of rotatable bonds is 9. The molecular weight excluding hydrogens is 758 g/mol. The number of methoxy groups -OCH3 is 1. The summed E-state index contributed by atoms with van der Waals surface area (Å²) >= 11 is 0. The van der Waals surface area contributed by atoms with Gasteiger partial charge in [-0.2, -0.15) is 0 Å². The van der Waals surface area contributed by atoms with Crippen molar-refractivity contribution in [2.75, 3.05) is 21.2 Å². The molecule has 3 aliphatic heterocycles. The molecule has 3 saturated heterocycles. The van der Waals surface area contributed by atoms with Crippen LogP contribution in [0.15, 0.2) is 24.3 Å². The molecule has 16 heteroatoms. The fraction of sp³-hybridized carbons (Fsp3) is 0.619. The van der Waals surface area contributed by atoms with Gasteiger partial charge in [0.15, 0.2) is 30.4 Å². The lowest BCUT2D eigenvalue weighted by Crippen LogP contribution is -2.58. The summed E-state index contributed by atoms with van der Waals surface area (Å²) in [5.41, 5.74) is -2.49. The van der Waals surface area contributed by atoms with Gasteiger partial charge in [0.05, 0.1) is 48.3 Å². The van der Waals surface area contributed by atoms with Crippen LogP contribution in [0, 0.1) is 0 Å². The Hall–Kier alpha value is -3.84. The molecule has 16 nitrogen and oxygen atoms in total. The van der Waals surface area contributed by atoms with E-state index in [2.05, 4.69) is 0 Å². The summed E-state index contributed by atoms with van der Waals surface area (Å²) in [4.78, 5) is 55.0. The summed E-state index contributed by atoms with van der Waals surface area (Å²) in [6.07, 6.45) is -6.64. The summed E-state index contributed by atoms with van der Waals surface area (Å²) in [6, 6.07) is 5.11. The van der Waals surface area contributed by atoms with Crippen molar-refractivity contribution in [3.05, 3.63) is 57.6 Å². The highest BCUT2D eigenvalue weighted by molar-refractivity contribution is 6.30. The molecule has 0 amide bonds. The van der Waals surface area contributed by atoms with E-state index in [-0.39, 0.29) is 70.9 Å². The van der Waals surface area contributed by atoms with Crippen LogP contribution in [0.3, 0.4) is 0 Å². The number of ether oxygens (including phenoxy) is 7. The first-order valence-corrected chi connectivity index (χ1v) is 19.9. The second-order valence-electron chi connectivity index (χ2n) is 16.3. The Kier molecular flexibility index (Phi) is 11.9. The smallest absolute Gasteiger partial charge is 0.316 e. The van der Waals surface area contributed by atoms with Crippen molar-refractivity contribution in [3.63, 3.8) is 0 Å². The van der Waals surface area contributed by atoms with E-state index >= 15 is 0 Å². The average molecular weight is 812 g/mol. The number of carbonyl (C=O) groups is 4. The lowest BCUT2D eigenvalue weighted by molar-refractivity contribution is -0.324. The van der Waals surface area contributed by atoms with E-state index in [1.165, 1.54) is 31.4 Å². The number of hydrogen-bond donors (Lipinski definition) is 4. The molecule has 3 heterocycles. The molecule has 58 heavy (non-hydrogen) atoms. The van der Waals surface area contributed by atoms with E-state index < -0.39 is 102 Å². The molecule has 2 aliphatic carbocycles. The van der Waals surface area contributed by atoms with Crippen LogP contribution in [0.2, 0.25) is 0 Å². The number of aliphatic hydroxyl groups excluding tert-OH is 1. The largest absolute Gasteiger partial charge is 0.507 e. The van der Waals surface area contributed by atoms with Crippen molar-refractivity contribution in [1.29, 1.82) is 0 Å². The summed E-state index contributed by atoms with van der Waals surface area (Å²) in [5.74, 6) is -4.59. The maximum Gasteiger partial charge on any atom is 0.316 e. The molecule has 4 N–H and O–H groups in total. The molecular formula is C42H53NO15. The van der Waals surface area contributed by atoms with Crippen LogP contribution in [-0.4, -0.2) is 137 Å². The SMILES string of the molecule is CC[C@@]1(O)C[C@H](O[C@H]2C[C@H](N(C)C)[C@H](O[C@@H]3C[C@H](O)[C@H](O[C@H]4CCC(=O)[C@H](C)O4)[C@H](C)O3)[C@H](C)O2)c2c(cc3c(c2O)C(=O)c2c(O)cccc2C3=O)[C@H]1C(=O)OC. The number of carbonyl (C=O) groups excluding carboxylic acids is 4. The zero-order chi connectivity index (χ0) is 42.0. The van der Waals surface area contributed by atoms with Gasteiger partial charge in [0.1, 0.15) is 35.7 Å². The average Bonchev–Trinajstić information content (AvgIpc) is 3.17. The monoisotopic (exact) mass is 811 g/mol. The molecule has 0 spiro atoms.